The molecule has 2 N–H and O–H groups in total. The quantitative estimate of drug-likeness (QED) is 0.634. The van der Waals surface area contributed by atoms with Crippen LogP contribution in [0.25, 0.3) is 0 Å². The van der Waals surface area contributed by atoms with E-state index >= 15 is 0 Å². The number of hydrogen-bond acceptors (Lipinski definition) is 3. The average molecular weight is 156 g/mol. The zero-order valence-corrected chi connectivity index (χ0v) is 7.18. The van der Waals surface area contributed by atoms with Crippen LogP contribution in [0.4, 0.5) is 0 Å². The summed E-state index contributed by atoms with van der Waals surface area (Å²) in [6.07, 6.45) is 4.49. The molecule has 64 valence electrons. The molecule has 0 bridgehead atoms. The minimum absolute atomic E-state index is 0.216. The lowest BCUT2D eigenvalue weighted by atomic mass is 10.3. The van der Waals surface area contributed by atoms with Crippen LogP contribution in [0.5, 0.6) is 0 Å². The third kappa shape index (κ3) is 2.42. The highest BCUT2D eigenvalue weighted by atomic mass is 16.5. The third-order valence-electron chi connectivity index (χ3n) is 1.80. The second-order valence-corrected chi connectivity index (χ2v) is 2.60. The van der Waals surface area contributed by atoms with E-state index in [2.05, 4.69) is 10.6 Å². The number of nitrogens with one attached hydrogen (secondary N) is 2. The average Bonchev–Trinajstić information content (AvgIpc) is 2.52. The van der Waals surface area contributed by atoms with E-state index in [9.17, 15) is 0 Å². The van der Waals surface area contributed by atoms with Crippen molar-refractivity contribution in [1.29, 1.82) is 0 Å². The molecule has 11 heavy (non-hydrogen) atoms. The van der Waals surface area contributed by atoms with Crippen LogP contribution in [-0.4, -0.2) is 19.9 Å². The molecule has 1 rings (SSSR count). The standard InChI is InChI=1S/C8H16N2O/c1-3-7(9-2)10-8-5-4-6-11-8/h3,8-10H,4-6H2,1-2H3. The second kappa shape index (κ2) is 4.23. The number of rotatable bonds is 3. The maximum absolute atomic E-state index is 5.40. The fourth-order valence-corrected chi connectivity index (χ4v) is 1.16. The van der Waals surface area contributed by atoms with Gasteiger partial charge < -0.3 is 15.4 Å². The lowest BCUT2D eigenvalue weighted by Crippen LogP contribution is -2.32. The lowest BCUT2D eigenvalue weighted by Gasteiger charge is -2.15. The Morgan fingerprint density at radius 3 is 2.91 bits per heavy atom. The molecule has 0 aromatic heterocycles. The van der Waals surface area contributed by atoms with Crippen molar-refractivity contribution in [3.63, 3.8) is 0 Å². The van der Waals surface area contributed by atoms with Gasteiger partial charge in [-0.1, -0.05) is 0 Å². The molecule has 0 radical (unpaired) electrons. The van der Waals surface area contributed by atoms with Gasteiger partial charge in [0.15, 0.2) is 0 Å². The van der Waals surface area contributed by atoms with Crippen molar-refractivity contribution in [1.82, 2.24) is 10.6 Å². The molecule has 1 aliphatic heterocycles. The summed E-state index contributed by atoms with van der Waals surface area (Å²) >= 11 is 0. The highest BCUT2D eigenvalue weighted by Gasteiger charge is 2.14. The Morgan fingerprint density at radius 2 is 2.45 bits per heavy atom. The van der Waals surface area contributed by atoms with Crippen LogP contribution in [-0.2, 0) is 4.74 Å². The number of ether oxygens (including phenoxy) is 1. The van der Waals surface area contributed by atoms with Crippen molar-refractivity contribution in [3.05, 3.63) is 11.9 Å². The molecule has 0 spiro atoms. The van der Waals surface area contributed by atoms with Crippen LogP contribution in [0, 0.1) is 0 Å². The first-order valence-corrected chi connectivity index (χ1v) is 4.09. The molecule has 0 aliphatic carbocycles. The third-order valence-corrected chi connectivity index (χ3v) is 1.80. The zero-order chi connectivity index (χ0) is 8.10. The fourth-order valence-electron chi connectivity index (χ4n) is 1.16. The van der Waals surface area contributed by atoms with Gasteiger partial charge in [-0.2, -0.15) is 0 Å². The van der Waals surface area contributed by atoms with Gasteiger partial charge in [0.2, 0.25) is 0 Å². The van der Waals surface area contributed by atoms with E-state index in [1.807, 2.05) is 20.0 Å². The highest BCUT2D eigenvalue weighted by Crippen LogP contribution is 2.09. The van der Waals surface area contributed by atoms with Gasteiger partial charge in [0.05, 0.1) is 5.82 Å². The van der Waals surface area contributed by atoms with Gasteiger partial charge in [-0.25, -0.2) is 0 Å². The molecule has 0 saturated carbocycles. The summed E-state index contributed by atoms with van der Waals surface area (Å²) in [7, 11) is 1.90. The van der Waals surface area contributed by atoms with E-state index in [0.29, 0.717) is 0 Å². The molecule has 0 aromatic carbocycles. The summed E-state index contributed by atoms with van der Waals surface area (Å²) in [5.41, 5.74) is 0. The van der Waals surface area contributed by atoms with Gasteiger partial charge in [0.1, 0.15) is 6.23 Å². The van der Waals surface area contributed by atoms with Crippen LogP contribution < -0.4 is 10.6 Å². The smallest absolute Gasteiger partial charge is 0.128 e. The maximum Gasteiger partial charge on any atom is 0.128 e. The molecule has 0 amide bonds. The molecular formula is C8H16N2O. The van der Waals surface area contributed by atoms with Gasteiger partial charge in [-0.05, 0) is 25.8 Å². The van der Waals surface area contributed by atoms with Gasteiger partial charge in [-0.3, -0.25) is 0 Å². The van der Waals surface area contributed by atoms with Gasteiger partial charge in [0, 0.05) is 13.7 Å². The van der Waals surface area contributed by atoms with Crippen molar-refractivity contribution in [2.45, 2.75) is 26.0 Å². The highest BCUT2D eigenvalue weighted by molar-refractivity contribution is 4.94. The topological polar surface area (TPSA) is 33.3 Å². The van der Waals surface area contributed by atoms with E-state index in [1.54, 1.807) is 0 Å². The molecule has 3 nitrogen and oxygen atoms in total. The van der Waals surface area contributed by atoms with E-state index in [0.717, 1.165) is 18.8 Å². The summed E-state index contributed by atoms with van der Waals surface area (Å²) in [6, 6.07) is 0. The van der Waals surface area contributed by atoms with Gasteiger partial charge in [-0.15, -0.1) is 0 Å². The van der Waals surface area contributed by atoms with E-state index in [4.69, 9.17) is 4.74 Å². The first-order valence-electron chi connectivity index (χ1n) is 4.09. The summed E-state index contributed by atoms with van der Waals surface area (Å²) in [5.74, 6) is 1.04. The van der Waals surface area contributed by atoms with Crippen LogP contribution in [0.3, 0.4) is 0 Å². The molecule has 1 aliphatic rings. The Morgan fingerprint density at radius 1 is 1.64 bits per heavy atom. The van der Waals surface area contributed by atoms with E-state index in [-0.39, 0.29) is 6.23 Å². The van der Waals surface area contributed by atoms with Crippen LogP contribution >= 0.6 is 0 Å². The van der Waals surface area contributed by atoms with Crippen molar-refractivity contribution in [2.75, 3.05) is 13.7 Å². The maximum atomic E-state index is 5.40. The Balaban J connectivity index is 2.27. The van der Waals surface area contributed by atoms with Crippen LogP contribution in [0.2, 0.25) is 0 Å². The fraction of sp³-hybridized carbons (Fsp3) is 0.750. The normalized spacial score (nSPS) is 25.3. The first-order chi connectivity index (χ1) is 5.36. The summed E-state index contributed by atoms with van der Waals surface area (Å²) in [4.78, 5) is 0. The molecule has 1 fully saturated rings. The molecule has 1 saturated heterocycles. The predicted octanol–water partition coefficient (Wildman–Crippen LogP) is 0.793. The largest absolute Gasteiger partial charge is 0.375 e. The number of allylic oxidation sites excluding steroid dienone is 1. The molecule has 3 heteroatoms. The summed E-state index contributed by atoms with van der Waals surface area (Å²) in [6.45, 7) is 2.88. The Kier molecular flexibility index (Phi) is 3.23. The monoisotopic (exact) mass is 156 g/mol. The zero-order valence-electron chi connectivity index (χ0n) is 7.18. The van der Waals surface area contributed by atoms with Crippen LogP contribution in [0.15, 0.2) is 11.9 Å². The molecule has 0 aromatic rings. The Hall–Kier alpha value is -0.700. The summed E-state index contributed by atoms with van der Waals surface area (Å²) in [5, 5.41) is 6.29. The van der Waals surface area contributed by atoms with Gasteiger partial charge in [0.25, 0.3) is 0 Å². The molecule has 1 atom stereocenters. The number of hydrogen-bond donors (Lipinski definition) is 2. The molecule has 1 unspecified atom stereocenters. The van der Waals surface area contributed by atoms with Crippen molar-refractivity contribution < 1.29 is 4.74 Å². The van der Waals surface area contributed by atoms with E-state index < -0.39 is 0 Å². The first kappa shape index (κ1) is 8.40. The minimum atomic E-state index is 0.216. The molecular weight excluding hydrogens is 140 g/mol. The lowest BCUT2D eigenvalue weighted by molar-refractivity contribution is 0.0910. The van der Waals surface area contributed by atoms with Crippen LogP contribution in [0.1, 0.15) is 19.8 Å². The Labute approximate surface area is 67.8 Å². The Bertz CT molecular complexity index is 139. The minimum Gasteiger partial charge on any atom is -0.375 e. The molecule has 1 heterocycles. The van der Waals surface area contributed by atoms with Crippen molar-refractivity contribution in [2.24, 2.45) is 0 Å². The van der Waals surface area contributed by atoms with Crippen molar-refractivity contribution >= 4 is 0 Å². The van der Waals surface area contributed by atoms with E-state index in [1.165, 1.54) is 6.42 Å². The summed E-state index contributed by atoms with van der Waals surface area (Å²) < 4.78 is 5.40. The predicted molar refractivity (Wildman–Crippen MR) is 44.9 cm³/mol. The van der Waals surface area contributed by atoms with Gasteiger partial charge >= 0.3 is 0 Å². The van der Waals surface area contributed by atoms with Crippen molar-refractivity contribution in [3.8, 4) is 0 Å². The second-order valence-electron chi connectivity index (χ2n) is 2.60. The SMILES string of the molecule is CC=C(NC)NC1CCCO1.